The topological polar surface area (TPSA) is 106 Å². The molecule has 0 radical (unpaired) electrons. The van der Waals surface area contributed by atoms with Crippen LogP contribution in [-0.4, -0.2) is 22.6 Å². The van der Waals surface area contributed by atoms with Crippen molar-refractivity contribution in [1.82, 2.24) is 20.8 Å². The van der Waals surface area contributed by atoms with Crippen molar-refractivity contribution in [3.05, 3.63) is 47.6 Å². The van der Waals surface area contributed by atoms with Gasteiger partial charge in [0, 0.05) is 24.9 Å². The number of alkyl halides is 3. The molecule has 0 aliphatic rings. The minimum atomic E-state index is -4.68. The monoisotopic (exact) mass is 355 g/mol. The van der Waals surface area contributed by atoms with Crippen LogP contribution in [-0.2, 0) is 17.5 Å². The molecule has 0 atom stereocenters. The highest BCUT2D eigenvalue weighted by molar-refractivity contribution is 5.92. The molecular weight excluding hydrogens is 339 g/mol. The Balaban J connectivity index is 1.97. The van der Waals surface area contributed by atoms with Crippen molar-refractivity contribution in [3.8, 4) is 11.4 Å². The van der Waals surface area contributed by atoms with Crippen molar-refractivity contribution in [2.45, 2.75) is 19.6 Å². The average molecular weight is 355 g/mol. The van der Waals surface area contributed by atoms with Crippen LogP contribution in [0.4, 0.5) is 13.2 Å². The Hall–Kier alpha value is -3.04. The molecule has 1 aromatic carbocycles. The molecule has 1 heterocycles. The van der Waals surface area contributed by atoms with Gasteiger partial charge in [0.15, 0.2) is 0 Å². The van der Waals surface area contributed by atoms with E-state index >= 15 is 0 Å². The average Bonchev–Trinajstić information content (AvgIpc) is 3.06. The summed E-state index contributed by atoms with van der Waals surface area (Å²) in [7, 11) is 0. The van der Waals surface area contributed by atoms with Crippen LogP contribution in [0.1, 0.15) is 18.4 Å². The van der Waals surface area contributed by atoms with E-state index < -0.39 is 12.1 Å². The first-order valence-corrected chi connectivity index (χ1v) is 7.28. The Kier molecular flexibility index (Phi) is 5.63. The Bertz CT molecular complexity index is 753. The van der Waals surface area contributed by atoms with Crippen LogP contribution in [0.2, 0.25) is 0 Å². The summed E-state index contributed by atoms with van der Waals surface area (Å²) in [6, 6.07) is 6.50. The number of nitrogens with two attached hydrogens (primary N) is 1. The number of rotatable bonds is 6. The largest absolute Gasteiger partial charge is 0.471 e. The van der Waals surface area contributed by atoms with Crippen molar-refractivity contribution in [2.24, 2.45) is 5.73 Å². The molecule has 2 rings (SSSR count). The molecule has 0 aliphatic carbocycles. The SMILES string of the molecule is CCNC(=O)/C(N)=C/NCc1ccc(-c2noc(C(F)(F)F)n2)cc1. The molecule has 0 saturated heterocycles. The van der Waals surface area contributed by atoms with E-state index in [0.717, 1.165) is 5.56 Å². The summed E-state index contributed by atoms with van der Waals surface area (Å²) in [5.41, 5.74) is 6.83. The van der Waals surface area contributed by atoms with Crippen molar-refractivity contribution < 1.29 is 22.5 Å². The Morgan fingerprint density at radius 1 is 1.32 bits per heavy atom. The van der Waals surface area contributed by atoms with Crippen LogP contribution in [0.5, 0.6) is 0 Å². The summed E-state index contributed by atoms with van der Waals surface area (Å²) in [5, 5.41) is 8.75. The van der Waals surface area contributed by atoms with Gasteiger partial charge < -0.3 is 20.9 Å². The quantitative estimate of drug-likeness (QED) is 0.682. The summed E-state index contributed by atoms with van der Waals surface area (Å²) >= 11 is 0. The minimum absolute atomic E-state index is 0.0462. The number of benzene rings is 1. The first kappa shape index (κ1) is 18.3. The van der Waals surface area contributed by atoms with Gasteiger partial charge in [-0.2, -0.15) is 18.2 Å². The van der Waals surface area contributed by atoms with E-state index in [2.05, 4.69) is 25.3 Å². The van der Waals surface area contributed by atoms with E-state index in [4.69, 9.17) is 5.73 Å². The predicted octanol–water partition coefficient (Wildman–Crippen LogP) is 1.78. The molecule has 134 valence electrons. The summed E-state index contributed by atoms with van der Waals surface area (Å²) in [6.45, 7) is 2.63. The normalized spacial score (nSPS) is 12.1. The fourth-order valence-electron chi connectivity index (χ4n) is 1.83. The second kappa shape index (κ2) is 7.69. The minimum Gasteiger partial charge on any atom is -0.393 e. The van der Waals surface area contributed by atoms with Gasteiger partial charge in [-0.3, -0.25) is 4.79 Å². The lowest BCUT2D eigenvalue weighted by Gasteiger charge is -2.05. The van der Waals surface area contributed by atoms with Crippen LogP contribution in [0.3, 0.4) is 0 Å². The third-order valence-electron chi connectivity index (χ3n) is 3.04. The summed E-state index contributed by atoms with van der Waals surface area (Å²) in [5.74, 6) is -1.91. The highest BCUT2D eigenvalue weighted by atomic mass is 19.4. The summed E-state index contributed by atoms with van der Waals surface area (Å²) in [6.07, 6.45) is -3.29. The molecule has 1 amide bonds. The van der Waals surface area contributed by atoms with Crippen molar-refractivity contribution in [1.29, 1.82) is 0 Å². The Labute approximate surface area is 141 Å². The number of likely N-dealkylation sites (N-methyl/N-ethyl adjacent to an activating group) is 1. The van der Waals surface area contributed by atoms with Gasteiger partial charge in [-0.1, -0.05) is 29.4 Å². The molecule has 0 unspecified atom stereocenters. The van der Waals surface area contributed by atoms with E-state index in [9.17, 15) is 18.0 Å². The van der Waals surface area contributed by atoms with E-state index in [0.29, 0.717) is 18.7 Å². The predicted molar refractivity (Wildman–Crippen MR) is 82.5 cm³/mol. The van der Waals surface area contributed by atoms with Crippen LogP contribution >= 0.6 is 0 Å². The van der Waals surface area contributed by atoms with Gasteiger partial charge in [0.05, 0.1) is 0 Å². The number of aromatic nitrogens is 2. The molecule has 1 aromatic heterocycles. The number of amides is 1. The second-order valence-electron chi connectivity index (χ2n) is 4.96. The van der Waals surface area contributed by atoms with E-state index in [-0.39, 0.29) is 17.4 Å². The van der Waals surface area contributed by atoms with Crippen LogP contribution < -0.4 is 16.4 Å². The molecule has 0 saturated carbocycles. The number of carbonyl (C=O) groups excluding carboxylic acids is 1. The molecule has 0 fully saturated rings. The number of halogens is 3. The molecule has 0 bridgehead atoms. The first-order valence-electron chi connectivity index (χ1n) is 7.28. The number of nitrogens with zero attached hydrogens (tertiary/aromatic N) is 2. The highest BCUT2D eigenvalue weighted by Crippen LogP contribution is 2.29. The standard InChI is InChI=1S/C15H16F3N5O2/c1-2-21-13(24)11(19)8-20-7-9-3-5-10(6-4-9)12-22-14(25-23-12)15(16,17)18/h3-6,8,20H,2,7,19H2,1H3,(H,21,24)/b11-8-. The Morgan fingerprint density at radius 2 is 2.00 bits per heavy atom. The summed E-state index contributed by atoms with van der Waals surface area (Å²) < 4.78 is 41.5. The molecule has 7 nitrogen and oxygen atoms in total. The first-order chi connectivity index (χ1) is 11.8. The molecule has 25 heavy (non-hydrogen) atoms. The van der Waals surface area contributed by atoms with Crippen LogP contribution in [0.25, 0.3) is 11.4 Å². The lowest BCUT2D eigenvalue weighted by Crippen LogP contribution is -2.29. The zero-order chi connectivity index (χ0) is 18.4. The molecule has 4 N–H and O–H groups in total. The zero-order valence-electron chi connectivity index (χ0n) is 13.2. The van der Waals surface area contributed by atoms with Crippen LogP contribution in [0.15, 0.2) is 40.7 Å². The van der Waals surface area contributed by atoms with Crippen molar-refractivity contribution >= 4 is 5.91 Å². The molecule has 2 aromatic rings. The van der Waals surface area contributed by atoms with E-state index in [1.807, 2.05) is 0 Å². The highest BCUT2D eigenvalue weighted by Gasteiger charge is 2.38. The maximum Gasteiger partial charge on any atom is 0.471 e. The fourth-order valence-corrected chi connectivity index (χ4v) is 1.83. The van der Waals surface area contributed by atoms with Crippen molar-refractivity contribution in [2.75, 3.05) is 6.54 Å². The second-order valence-corrected chi connectivity index (χ2v) is 4.96. The molecule has 0 spiro atoms. The maximum atomic E-state index is 12.4. The number of carbonyl (C=O) groups is 1. The van der Waals surface area contributed by atoms with Crippen molar-refractivity contribution in [3.63, 3.8) is 0 Å². The Morgan fingerprint density at radius 3 is 2.56 bits per heavy atom. The van der Waals surface area contributed by atoms with Gasteiger partial charge in [0.2, 0.25) is 5.82 Å². The van der Waals surface area contributed by atoms with E-state index in [1.165, 1.54) is 6.20 Å². The smallest absolute Gasteiger partial charge is 0.393 e. The number of hydrogen-bond acceptors (Lipinski definition) is 6. The lowest BCUT2D eigenvalue weighted by atomic mass is 10.1. The van der Waals surface area contributed by atoms with Gasteiger partial charge in [0.25, 0.3) is 5.91 Å². The lowest BCUT2D eigenvalue weighted by molar-refractivity contribution is -0.159. The molecule has 0 aliphatic heterocycles. The van der Waals surface area contributed by atoms with Gasteiger partial charge in [-0.15, -0.1) is 0 Å². The third-order valence-corrected chi connectivity index (χ3v) is 3.04. The molecule has 10 heteroatoms. The number of nitrogens with one attached hydrogen (secondary N) is 2. The number of hydrogen-bond donors (Lipinski definition) is 3. The maximum absolute atomic E-state index is 12.4. The fraction of sp³-hybridized carbons (Fsp3) is 0.267. The zero-order valence-corrected chi connectivity index (χ0v) is 13.2. The van der Waals surface area contributed by atoms with E-state index in [1.54, 1.807) is 31.2 Å². The third kappa shape index (κ3) is 4.96. The van der Waals surface area contributed by atoms with Crippen LogP contribution in [0, 0.1) is 0 Å². The van der Waals surface area contributed by atoms with Gasteiger partial charge in [0.1, 0.15) is 5.70 Å². The summed E-state index contributed by atoms with van der Waals surface area (Å²) in [4.78, 5) is 14.7. The van der Waals surface area contributed by atoms with Gasteiger partial charge in [-0.05, 0) is 12.5 Å². The van der Waals surface area contributed by atoms with Gasteiger partial charge >= 0.3 is 12.1 Å². The molecular formula is C15H16F3N5O2. The van der Waals surface area contributed by atoms with Gasteiger partial charge in [-0.25, -0.2) is 0 Å².